The molecule has 0 unspecified atom stereocenters. The maximum absolute atomic E-state index is 12.2. The molecule has 0 radical (unpaired) electrons. The summed E-state index contributed by atoms with van der Waals surface area (Å²) in [6.07, 6.45) is 1.06. The SMILES string of the molecule is COc1ccc(S(=O)(=O)CCO)cc1NC1=CC(=O)N(CCO)C1=O. The number of nitrogens with one attached hydrogen (secondary N) is 1. The molecule has 0 atom stereocenters. The molecule has 2 rings (SSSR count). The maximum Gasteiger partial charge on any atom is 0.277 e. The normalized spacial score (nSPS) is 14.7. The standard InChI is InChI=1S/C15H18N2O7S/c1-24-13-3-2-10(25(22,23)7-6-19)8-11(13)16-12-9-14(20)17(4-5-18)15(12)21/h2-3,8-9,16,18-19H,4-7H2,1H3. The van der Waals surface area contributed by atoms with Crippen LogP contribution in [0.25, 0.3) is 0 Å². The quantitative estimate of drug-likeness (QED) is 0.502. The van der Waals surface area contributed by atoms with Crippen LogP contribution in [0.2, 0.25) is 0 Å². The van der Waals surface area contributed by atoms with Gasteiger partial charge in [-0.1, -0.05) is 0 Å². The Morgan fingerprint density at radius 2 is 1.92 bits per heavy atom. The minimum atomic E-state index is -3.70. The second kappa shape index (κ2) is 7.64. The molecule has 3 N–H and O–H groups in total. The van der Waals surface area contributed by atoms with Crippen LogP contribution < -0.4 is 10.1 Å². The van der Waals surface area contributed by atoms with Crippen molar-refractivity contribution in [1.29, 1.82) is 0 Å². The third kappa shape index (κ3) is 3.98. The van der Waals surface area contributed by atoms with Gasteiger partial charge in [0.05, 0.1) is 43.2 Å². The first-order valence-corrected chi connectivity index (χ1v) is 8.96. The molecule has 0 saturated heterocycles. The molecular formula is C15H18N2O7S. The van der Waals surface area contributed by atoms with Crippen LogP contribution in [0, 0.1) is 0 Å². The molecule has 9 nitrogen and oxygen atoms in total. The Balaban J connectivity index is 2.34. The van der Waals surface area contributed by atoms with Gasteiger partial charge in [-0.05, 0) is 18.2 Å². The number of hydrogen-bond donors (Lipinski definition) is 3. The second-order valence-electron chi connectivity index (χ2n) is 5.11. The third-order valence-corrected chi connectivity index (χ3v) is 5.18. The Morgan fingerprint density at radius 1 is 1.20 bits per heavy atom. The number of rotatable bonds is 8. The van der Waals surface area contributed by atoms with Crippen molar-refractivity contribution in [2.24, 2.45) is 0 Å². The summed E-state index contributed by atoms with van der Waals surface area (Å²) in [6.45, 7) is -1.02. The highest BCUT2D eigenvalue weighted by Crippen LogP contribution is 2.30. The zero-order valence-electron chi connectivity index (χ0n) is 13.4. The number of carbonyl (C=O) groups excluding carboxylic acids is 2. The number of sulfone groups is 1. The Kier molecular flexibility index (Phi) is 5.77. The predicted molar refractivity (Wildman–Crippen MR) is 87.6 cm³/mol. The van der Waals surface area contributed by atoms with E-state index in [1.54, 1.807) is 0 Å². The molecule has 25 heavy (non-hydrogen) atoms. The van der Waals surface area contributed by atoms with Crippen molar-refractivity contribution in [2.75, 3.05) is 37.9 Å². The summed E-state index contributed by atoms with van der Waals surface area (Å²) in [5.74, 6) is -1.39. The van der Waals surface area contributed by atoms with Gasteiger partial charge in [0, 0.05) is 6.08 Å². The number of aliphatic hydroxyl groups excluding tert-OH is 2. The van der Waals surface area contributed by atoms with Crippen LogP contribution in [0.5, 0.6) is 5.75 Å². The smallest absolute Gasteiger partial charge is 0.277 e. The van der Waals surface area contributed by atoms with Crippen molar-refractivity contribution >= 4 is 27.3 Å². The largest absolute Gasteiger partial charge is 0.495 e. The summed E-state index contributed by atoms with van der Waals surface area (Å²) in [5, 5.41) is 20.5. The number of imide groups is 1. The molecule has 1 aromatic rings. The summed E-state index contributed by atoms with van der Waals surface area (Å²) in [5.41, 5.74) is 0.119. The molecule has 1 aliphatic rings. The molecule has 1 aliphatic heterocycles. The molecule has 1 heterocycles. The van der Waals surface area contributed by atoms with Crippen molar-refractivity contribution in [1.82, 2.24) is 4.90 Å². The molecule has 1 aromatic carbocycles. The van der Waals surface area contributed by atoms with E-state index in [-0.39, 0.29) is 35.2 Å². The summed E-state index contributed by atoms with van der Waals surface area (Å²) < 4.78 is 29.3. The van der Waals surface area contributed by atoms with E-state index in [0.717, 1.165) is 11.0 Å². The first-order chi connectivity index (χ1) is 11.8. The first kappa shape index (κ1) is 18.9. The van der Waals surface area contributed by atoms with Crippen molar-refractivity contribution < 1.29 is 33.0 Å². The zero-order valence-corrected chi connectivity index (χ0v) is 14.2. The van der Waals surface area contributed by atoms with Crippen molar-refractivity contribution in [3.63, 3.8) is 0 Å². The fourth-order valence-corrected chi connectivity index (χ4v) is 3.32. The van der Waals surface area contributed by atoms with Crippen LogP contribution in [0.1, 0.15) is 0 Å². The highest BCUT2D eigenvalue weighted by molar-refractivity contribution is 7.91. The lowest BCUT2D eigenvalue weighted by Gasteiger charge is -2.15. The number of amides is 2. The molecule has 0 aliphatic carbocycles. The van der Waals surface area contributed by atoms with E-state index >= 15 is 0 Å². The summed E-state index contributed by atoms with van der Waals surface area (Å²) >= 11 is 0. The van der Waals surface area contributed by atoms with Gasteiger partial charge in [0.15, 0.2) is 9.84 Å². The first-order valence-electron chi connectivity index (χ1n) is 7.31. The lowest BCUT2D eigenvalue weighted by atomic mass is 10.2. The molecule has 136 valence electrons. The average molecular weight is 370 g/mol. The molecule has 0 bridgehead atoms. The molecule has 0 spiro atoms. The Labute approximate surface area is 144 Å². The van der Waals surface area contributed by atoms with Crippen LogP contribution >= 0.6 is 0 Å². The summed E-state index contributed by atoms with van der Waals surface area (Å²) in [4.78, 5) is 24.7. The van der Waals surface area contributed by atoms with Gasteiger partial charge in [-0.2, -0.15) is 0 Å². The lowest BCUT2D eigenvalue weighted by molar-refractivity contribution is -0.137. The monoisotopic (exact) mass is 370 g/mol. The number of methoxy groups -OCH3 is 1. The average Bonchev–Trinajstić information content (AvgIpc) is 2.82. The van der Waals surface area contributed by atoms with E-state index in [9.17, 15) is 18.0 Å². The molecule has 0 fully saturated rings. The second-order valence-corrected chi connectivity index (χ2v) is 7.22. The van der Waals surface area contributed by atoms with Crippen molar-refractivity contribution in [2.45, 2.75) is 4.90 Å². The number of carbonyl (C=O) groups is 2. The van der Waals surface area contributed by atoms with E-state index < -0.39 is 34.0 Å². The van der Waals surface area contributed by atoms with Crippen molar-refractivity contribution in [3.8, 4) is 5.75 Å². The Morgan fingerprint density at radius 3 is 2.52 bits per heavy atom. The number of nitrogens with zero attached hydrogens (tertiary/aromatic N) is 1. The van der Waals surface area contributed by atoms with Gasteiger partial charge in [0.1, 0.15) is 11.4 Å². The minimum absolute atomic E-state index is 0.0607. The Hall–Kier alpha value is -2.43. The number of hydrogen-bond acceptors (Lipinski definition) is 8. The van der Waals surface area contributed by atoms with Crippen LogP contribution in [0.4, 0.5) is 5.69 Å². The van der Waals surface area contributed by atoms with Crippen LogP contribution in [-0.2, 0) is 19.4 Å². The van der Waals surface area contributed by atoms with Gasteiger partial charge in [0.25, 0.3) is 11.8 Å². The number of benzene rings is 1. The lowest BCUT2D eigenvalue weighted by Crippen LogP contribution is -2.34. The molecule has 0 saturated carbocycles. The number of ether oxygens (including phenoxy) is 1. The number of aliphatic hydroxyl groups is 2. The minimum Gasteiger partial charge on any atom is -0.495 e. The van der Waals surface area contributed by atoms with E-state index in [1.165, 1.54) is 25.3 Å². The predicted octanol–water partition coefficient (Wildman–Crippen LogP) is -0.882. The zero-order chi connectivity index (χ0) is 18.6. The fraction of sp³-hybridized carbons (Fsp3) is 0.333. The van der Waals surface area contributed by atoms with Gasteiger partial charge >= 0.3 is 0 Å². The topological polar surface area (TPSA) is 133 Å². The highest BCUT2D eigenvalue weighted by atomic mass is 32.2. The summed E-state index contributed by atoms with van der Waals surface area (Å²) in [6, 6.07) is 3.99. The number of β-amino-alcohol motifs (C(OH)–C–C–N with tert-alkyl or cyclic N) is 1. The van der Waals surface area contributed by atoms with E-state index in [4.69, 9.17) is 14.9 Å². The van der Waals surface area contributed by atoms with Gasteiger partial charge in [0.2, 0.25) is 0 Å². The van der Waals surface area contributed by atoms with E-state index in [1.807, 2.05) is 0 Å². The van der Waals surface area contributed by atoms with Crippen molar-refractivity contribution in [3.05, 3.63) is 30.0 Å². The van der Waals surface area contributed by atoms with Gasteiger partial charge in [-0.3, -0.25) is 14.5 Å². The third-order valence-electron chi connectivity index (χ3n) is 3.49. The van der Waals surface area contributed by atoms with Gasteiger partial charge < -0.3 is 20.3 Å². The molecular weight excluding hydrogens is 352 g/mol. The fourth-order valence-electron chi connectivity index (χ4n) is 2.27. The van der Waals surface area contributed by atoms with Crippen LogP contribution in [-0.4, -0.2) is 68.0 Å². The van der Waals surface area contributed by atoms with Crippen LogP contribution in [0.3, 0.4) is 0 Å². The van der Waals surface area contributed by atoms with Gasteiger partial charge in [-0.15, -0.1) is 0 Å². The highest BCUT2D eigenvalue weighted by Gasteiger charge is 2.31. The Bertz CT molecular complexity index is 817. The maximum atomic E-state index is 12.2. The van der Waals surface area contributed by atoms with Gasteiger partial charge in [-0.25, -0.2) is 8.42 Å². The molecule has 10 heteroatoms. The van der Waals surface area contributed by atoms with E-state index in [0.29, 0.717) is 0 Å². The van der Waals surface area contributed by atoms with E-state index in [2.05, 4.69) is 5.32 Å². The summed E-state index contributed by atoms with van der Waals surface area (Å²) in [7, 11) is -2.32. The number of anilines is 1. The van der Waals surface area contributed by atoms with Crippen LogP contribution in [0.15, 0.2) is 34.9 Å². The molecule has 0 aromatic heterocycles. The molecule has 2 amide bonds.